The number of aliphatic hydroxyl groups excluding tert-OH is 1. The van der Waals surface area contributed by atoms with Crippen LogP contribution in [0.1, 0.15) is 17.5 Å². The number of aryl methyl sites for hydroxylation is 1. The Kier molecular flexibility index (Phi) is 4.32. The van der Waals surface area contributed by atoms with E-state index in [0.717, 1.165) is 22.7 Å². The summed E-state index contributed by atoms with van der Waals surface area (Å²) < 4.78 is 5.15. The Labute approximate surface area is 135 Å². The Hall–Kier alpha value is -2.37. The fourth-order valence-corrected chi connectivity index (χ4v) is 2.67. The molecule has 5 heteroatoms. The maximum absolute atomic E-state index is 9.71. The van der Waals surface area contributed by atoms with E-state index in [-0.39, 0.29) is 0 Å². The van der Waals surface area contributed by atoms with E-state index in [1.54, 1.807) is 12.1 Å². The first-order valence-corrected chi connectivity index (χ1v) is 7.52. The van der Waals surface area contributed by atoms with Gasteiger partial charge in [-0.2, -0.15) is 5.10 Å². The molecule has 1 atom stereocenters. The van der Waals surface area contributed by atoms with Gasteiger partial charge in [-0.1, -0.05) is 29.8 Å². The molecule has 5 nitrogen and oxygen atoms in total. The van der Waals surface area contributed by atoms with Crippen LogP contribution in [0.25, 0.3) is 0 Å². The zero-order valence-electron chi connectivity index (χ0n) is 13.2. The lowest BCUT2D eigenvalue weighted by atomic mass is 10.0. The van der Waals surface area contributed by atoms with Crippen LogP contribution in [0, 0.1) is 6.92 Å². The van der Waals surface area contributed by atoms with Gasteiger partial charge in [-0.3, -0.25) is 5.01 Å². The quantitative estimate of drug-likeness (QED) is 0.850. The molecule has 0 saturated carbocycles. The molecule has 2 N–H and O–H groups in total. The number of hydrogen-bond acceptors (Lipinski definition) is 5. The van der Waals surface area contributed by atoms with E-state index < -0.39 is 12.3 Å². The van der Waals surface area contributed by atoms with E-state index in [0.29, 0.717) is 6.42 Å². The first-order chi connectivity index (χ1) is 11.1. The van der Waals surface area contributed by atoms with Gasteiger partial charge in [0.25, 0.3) is 0 Å². The predicted octanol–water partition coefficient (Wildman–Crippen LogP) is 2.30. The van der Waals surface area contributed by atoms with Crippen molar-refractivity contribution in [1.29, 1.82) is 0 Å². The van der Waals surface area contributed by atoms with E-state index in [1.165, 1.54) is 5.56 Å². The Bertz CT molecular complexity index is 693. The summed E-state index contributed by atoms with van der Waals surface area (Å²) in [6.07, 6.45) is -0.990. The molecule has 1 aliphatic heterocycles. The zero-order valence-corrected chi connectivity index (χ0v) is 13.2. The maximum atomic E-state index is 9.71. The number of nitrogens with zero attached hydrogens (tertiary/aromatic N) is 2. The van der Waals surface area contributed by atoms with Gasteiger partial charge in [0.2, 0.25) is 0 Å². The molecule has 1 aliphatic rings. The largest absolute Gasteiger partial charge is 0.497 e. The summed E-state index contributed by atoms with van der Waals surface area (Å²) in [5, 5.41) is 25.7. The monoisotopic (exact) mass is 312 g/mol. The van der Waals surface area contributed by atoms with Crippen molar-refractivity contribution in [3.05, 3.63) is 59.7 Å². The van der Waals surface area contributed by atoms with E-state index in [4.69, 9.17) is 4.74 Å². The first kappa shape index (κ1) is 15.5. The molecule has 0 amide bonds. The fourth-order valence-electron chi connectivity index (χ4n) is 2.67. The minimum Gasteiger partial charge on any atom is -0.497 e. The van der Waals surface area contributed by atoms with Gasteiger partial charge >= 0.3 is 0 Å². The zero-order chi connectivity index (χ0) is 16.4. The highest BCUT2D eigenvalue weighted by atomic mass is 16.5. The molecule has 1 heterocycles. The van der Waals surface area contributed by atoms with Crippen LogP contribution in [-0.2, 0) is 0 Å². The molecular weight excluding hydrogens is 292 g/mol. The molecule has 0 fully saturated rings. The van der Waals surface area contributed by atoms with Gasteiger partial charge in [-0.05, 0) is 36.8 Å². The van der Waals surface area contributed by atoms with Crippen molar-refractivity contribution in [2.45, 2.75) is 25.7 Å². The van der Waals surface area contributed by atoms with Gasteiger partial charge in [-0.25, -0.2) is 0 Å². The number of aliphatic hydroxyl groups is 2. The van der Waals surface area contributed by atoms with E-state index in [1.807, 2.05) is 55.5 Å². The fraction of sp³-hybridized carbons (Fsp3) is 0.278. The third-order valence-electron chi connectivity index (χ3n) is 4.01. The van der Waals surface area contributed by atoms with Crippen molar-refractivity contribution in [2.24, 2.45) is 5.10 Å². The normalized spacial score (nSPS) is 17.5. The molecule has 0 saturated heterocycles. The highest BCUT2D eigenvalue weighted by Gasteiger charge is 2.33. The molecule has 0 spiro atoms. The van der Waals surface area contributed by atoms with Crippen LogP contribution in [0.2, 0.25) is 0 Å². The minimum atomic E-state index is -1.47. The predicted molar refractivity (Wildman–Crippen MR) is 89.8 cm³/mol. The van der Waals surface area contributed by atoms with Crippen LogP contribution >= 0.6 is 0 Å². The third-order valence-corrected chi connectivity index (χ3v) is 4.01. The molecule has 2 aromatic rings. The highest BCUT2D eigenvalue weighted by molar-refractivity contribution is 6.03. The van der Waals surface area contributed by atoms with E-state index >= 15 is 0 Å². The SMILES string of the molecule is COc1ccc(N2N=C(c3ccc(C)cc3)CC2C(O)O)cc1. The van der Waals surface area contributed by atoms with Crippen LogP contribution < -0.4 is 9.75 Å². The molecule has 0 radical (unpaired) electrons. The van der Waals surface area contributed by atoms with Crippen LogP contribution in [-0.4, -0.2) is 35.4 Å². The van der Waals surface area contributed by atoms with Crippen LogP contribution in [0.4, 0.5) is 5.69 Å². The number of hydrazone groups is 1. The topological polar surface area (TPSA) is 65.3 Å². The summed E-state index contributed by atoms with van der Waals surface area (Å²) in [4.78, 5) is 0. The van der Waals surface area contributed by atoms with Crippen molar-refractivity contribution in [3.63, 3.8) is 0 Å². The Morgan fingerprint density at radius 3 is 2.30 bits per heavy atom. The molecular formula is C18H20N2O3. The molecule has 0 bridgehead atoms. The van der Waals surface area contributed by atoms with Crippen molar-refractivity contribution < 1.29 is 14.9 Å². The standard InChI is InChI=1S/C18H20N2O3/c1-12-3-5-13(6-4-12)16-11-17(18(21)22)20(19-16)14-7-9-15(23-2)10-8-14/h3-10,17-18,21-22H,11H2,1-2H3. The van der Waals surface area contributed by atoms with Gasteiger partial charge in [0, 0.05) is 6.42 Å². The molecule has 0 aromatic heterocycles. The number of ether oxygens (including phenoxy) is 1. The van der Waals surface area contributed by atoms with Crippen molar-refractivity contribution >= 4 is 11.4 Å². The second-order valence-corrected chi connectivity index (χ2v) is 5.64. The third kappa shape index (κ3) is 3.21. The van der Waals surface area contributed by atoms with E-state index in [2.05, 4.69) is 5.10 Å². The number of anilines is 1. The van der Waals surface area contributed by atoms with Crippen molar-refractivity contribution in [2.75, 3.05) is 12.1 Å². The lowest BCUT2D eigenvalue weighted by Gasteiger charge is -2.24. The average Bonchev–Trinajstić information content (AvgIpc) is 3.01. The molecule has 2 aromatic carbocycles. The second kappa shape index (κ2) is 6.40. The summed E-state index contributed by atoms with van der Waals surface area (Å²) in [7, 11) is 1.61. The summed E-state index contributed by atoms with van der Waals surface area (Å²) >= 11 is 0. The van der Waals surface area contributed by atoms with Crippen molar-refractivity contribution in [3.8, 4) is 5.75 Å². The number of hydrogen-bond donors (Lipinski definition) is 2. The van der Waals surface area contributed by atoms with Crippen LogP contribution in [0.5, 0.6) is 5.75 Å². The number of rotatable bonds is 4. The molecule has 120 valence electrons. The Balaban J connectivity index is 1.92. The minimum absolute atomic E-state index is 0.479. The smallest absolute Gasteiger partial charge is 0.174 e. The number of methoxy groups -OCH3 is 1. The summed E-state index contributed by atoms with van der Waals surface area (Å²) in [5.74, 6) is 0.747. The van der Waals surface area contributed by atoms with Gasteiger partial charge in [0.05, 0.1) is 18.5 Å². The molecule has 23 heavy (non-hydrogen) atoms. The second-order valence-electron chi connectivity index (χ2n) is 5.64. The summed E-state index contributed by atoms with van der Waals surface area (Å²) in [5.41, 5.74) is 3.82. The van der Waals surface area contributed by atoms with Crippen molar-refractivity contribution in [1.82, 2.24) is 0 Å². The van der Waals surface area contributed by atoms with E-state index in [9.17, 15) is 10.2 Å². The Morgan fingerprint density at radius 1 is 1.09 bits per heavy atom. The maximum Gasteiger partial charge on any atom is 0.174 e. The average molecular weight is 312 g/mol. The van der Waals surface area contributed by atoms with Crippen LogP contribution in [0.15, 0.2) is 53.6 Å². The van der Waals surface area contributed by atoms with Gasteiger partial charge in [0.15, 0.2) is 6.29 Å². The van der Waals surface area contributed by atoms with Gasteiger partial charge in [-0.15, -0.1) is 0 Å². The molecule has 1 unspecified atom stereocenters. The molecule has 0 aliphatic carbocycles. The van der Waals surface area contributed by atoms with Gasteiger partial charge in [0.1, 0.15) is 11.8 Å². The van der Waals surface area contributed by atoms with Crippen LogP contribution in [0.3, 0.4) is 0 Å². The number of benzene rings is 2. The highest BCUT2D eigenvalue weighted by Crippen LogP contribution is 2.29. The van der Waals surface area contributed by atoms with Gasteiger partial charge < -0.3 is 14.9 Å². The summed E-state index contributed by atoms with van der Waals surface area (Å²) in [6.45, 7) is 2.03. The molecule has 3 rings (SSSR count). The summed E-state index contributed by atoms with van der Waals surface area (Å²) in [6, 6.07) is 14.9. The Morgan fingerprint density at radius 2 is 1.74 bits per heavy atom. The lowest BCUT2D eigenvalue weighted by molar-refractivity contribution is -0.0563. The lowest BCUT2D eigenvalue weighted by Crippen LogP contribution is -2.37. The first-order valence-electron chi connectivity index (χ1n) is 7.52.